The van der Waals surface area contributed by atoms with Gasteiger partial charge in [-0.2, -0.15) is 4.99 Å². The highest BCUT2D eigenvalue weighted by molar-refractivity contribution is 8.00. The predicted octanol–water partition coefficient (Wildman–Crippen LogP) is 3.36. The molecule has 1 N–H and O–H groups in total. The standard InChI is InChI=1S/C22H31N3O4S2/c1-3-29-17-9-10-18-19(13-17)31-22(25(18)11-12-28-2)24-21(27)15-30-14-20(26)23-16-7-5-4-6-8-16/h9-10,13,16H,3-8,11-12,14-15H2,1-2H3,(H,23,26). The Bertz CT molecular complexity index is 948. The minimum Gasteiger partial charge on any atom is -0.494 e. The van der Waals surface area contributed by atoms with Gasteiger partial charge in [0.15, 0.2) is 4.80 Å². The number of benzene rings is 1. The molecule has 1 aromatic heterocycles. The first-order valence-electron chi connectivity index (χ1n) is 10.8. The third-order valence-corrected chi connectivity index (χ3v) is 7.09. The Morgan fingerprint density at radius 3 is 2.81 bits per heavy atom. The molecule has 2 aromatic rings. The van der Waals surface area contributed by atoms with Crippen LogP contribution in [0, 0.1) is 0 Å². The molecule has 1 saturated carbocycles. The zero-order chi connectivity index (χ0) is 22.1. The van der Waals surface area contributed by atoms with Crippen molar-refractivity contribution in [1.29, 1.82) is 0 Å². The van der Waals surface area contributed by atoms with E-state index >= 15 is 0 Å². The molecule has 0 saturated heterocycles. The Hall–Kier alpha value is -1.84. The van der Waals surface area contributed by atoms with E-state index in [0.717, 1.165) is 28.8 Å². The Labute approximate surface area is 191 Å². The van der Waals surface area contributed by atoms with Crippen molar-refractivity contribution >= 4 is 45.1 Å². The van der Waals surface area contributed by atoms with Gasteiger partial charge in [0, 0.05) is 19.7 Å². The summed E-state index contributed by atoms with van der Waals surface area (Å²) in [5.74, 6) is 1.03. The van der Waals surface area contributed by atoms with Gasteiger partial charge in [-0.3, -0.25) is 9.59 Å². The van der Waals surface area contributed by atoms with Gasteiger partial charge in [-0.1, -0.05) is 30.6 Å². The van der Waals surface area contributed by atoms with Crippen molar-refractivity contribution in [2.45, 2.75) is 51.6 Å². The van der Waals surface area contributed by atoms with Crippen molar-refractivity contribution in [3.63, 3.8) is 0 Å². The maximum absolute atomic E-state index is 12.5. The zero-order valence-corrected chi connectivity index (χ0v) is 19.9. The molecule has 0 bridgehead atoms. The summed E-state index contributed by atoms with van der Waals surface area (Å²) in [4.78, 5) is 29.6. The third kappa shape index (κ3) is 7.08. The maximum atomic E-state index is 12.5. The van der Waals surface area contributed by atoms with E-state index in [4.69, 9.17) is 9.47 Å². The fraction of sp³-hybridized carbons (Fsp3) is 0.591. The Morgan fingerprint density at radius 2 is 2.06 bits per heavy atom. The number of nitrogens with one attached hydrogen (secondary N) is 1. The third-order valence-electron chi connectivity index (χ3n) is 5.13. The molecule has 0 atom stereocenters. The first-order valence-corrected chi connectivity index (χ1v) is 12.8. The topological polar surface area (TPSA) is 81.9 Å². The van der Waals surface area contributed by atoms with E-state index in [1.165, 1.54) is 42.4 Å². The summed E-state index contributed by atoms with van der Waals surface area (Å²) in [5.41, 5.74) is 0.997. The van der Waals surface area contributed by atoms with Crippen molar-refractivity contribution in [3.05, 3.63) is 23.0 Å². The van der Waals surface area contributed by atoms with Gasteiger partial charge in [0.1, 0.15) is 5.75 Å². The average Bonchev–Trinajstić information content (AvgIpc) is 3.09. The van der Waals surface area contributed by atoms with Crippen LogP contribution < -0.4 is 14.9 Å². The number of aromatic nitrogens is 1. The van der Waals surface area contributed by atoms with Gasteiger partial charge in [0.25, 0.3) is 5.91 Å². The van der Waals surface area contributed by atoms with Crippen LogP contribution in [0.2, 0.25) is 0 Å². The number of amides is 2. The molecule has 1 fully saturated rings. The summed E-state index contributed by atoms with van der Waals surface area (Å²) in [7, 11) is 1.65. The number of fused-ring (bicyclic) bond motifs is 1. The van der Waals surface area contributed by atoms with Crippen LogP contribution in [0.4, 0.5) is 0 Å². The summed E-state index contributed by atoms with van der Waals surface area (Å²) in [5, 5.41) is 3.08. The number of thioether (sulfide) groups is 1. The first-order chi connectivity index (χ1) is 15.1. The number of hydrogen-bond acceptors (Lipinski definition) is 6. The summed E-state index contributed by atoms with van der Waals surface area (Å²) < 4.78 is 13.8. The number of thiazole rings is 1. The number of rotatable bonds is 10. The molecule has 1 heterocycles. The Morgan fingerprint density at radius 1 is 1.26 bits per heavy atom. The van der Waals surface area contributed by atoms with Gasteiger partial charge in [-0.05, 0) is 38.0 Å². The van der Waals surface area contributed by atoms with Crippen molar-refractivity contribution < 1.29 is 19.1 Å². The lowest BCUT2D eigenvalue weighted by Crippen LogP contribution is -2.37. The van der Waals surface area contributed by atoms with Crippen LogP contribution in [-0.2, 0) is 20.9 Å². The molecule has 0 radical (unpaired) electrons. The second kappa shape index (κ2) is 12.3. The van der Waals surface area contributed by atoms with Crippen LogP contribution in [0.3, 0.4) is 0 Å². The van der Waals surface area contributed by atoms with E-state index in [1.807, 2.05) is 29.7 Å². The van der Waals surface area contributed by atoms with Gasteiger partial charge < -0.3 is 19.4 Å². The molecule has 3 rings (SSSR count). The highest BCUT2D eigenvalue weighted by Gasteiger charge is 2.16. The molecule has 7 nitrogen and oxygen atoms in total. The zero-order valence-electron chi connectivity index (χ0n) is 18.2. The molecule has 0 spiro atoms. The fourth-order valence-corrected chi connectivity index (χ4v) is 5.39. The van der Waals surface area contributed by atoms with Crippen molar-refractivity contribution in [1.82, 2.24) is 9.88 Å². The molecular formula is C22H31N3O4S2. The average molecular weight is 466 g/mol. The van der Waals surface area contributed by atoms with E-state index in [-0.39, 0.29) is 23.3 Å². The van der Waals surface area contributed by atoms with Crippen LogP contribution in [-0.4, -0.2) is 54.3 Å². The number of hydrogen-bond donors (Lipinski definition) is 1. The second-order valence-electron chi connectivity index (χ2n) is 7.49. The molecule has 1 aromatic carbocycles. The number of ether oxygens (including phenoxy) is 2. The van der Waals surface area contributed by atoms with Crippen molar-refractivity contribution in [2.24, 2.45) is 4.99 Å². The highest BCUT2D eigenvalue weighted by atomic mass is 32.2. The molecule has 0 unspecified atom stereocenters. The lowest BCUT2D eigenvalue weighted by molar-refractivity contribution is -0.119. The van der Waals surface area contributed by atoms with E-state index in [1.54, 1.807) is 7.11 Å². The normalized spacial score (nSPS) is 15.4. The minimum atomic E-state index is -0.238. The smallest absolute Gasteiger partial charge is 0.258 e. The van der Waals surface area contributed by atoms with E-state index < -0.39 is 0 Å². The monoisotopic (exact) mass is 465 g/mol. The largest absolute Gasteiger partial charge is 0.494 e. The Kier molecular flexibility index (Phi) is 9.42. The molecule has 170 valence electrons. The van der Waals surface area contributed by atoms with Crippen LogP contribution in [0.25, 0.3) is 10.2 Å². The molecule has 9 heteroatoms. The highest BCUT2D eigenvalue weighted by Crippen LogP contribution is 2.23. The molecule has 1 aliphatic carbocycles. The van der Waals surface area contributed by atoms with E-state index in [0.29, 0.717) is 30.6 Å². The van der Waals surface area contributed by atoms with Gasteiger partial charge in [0.2, 0.25) is 5.91 Å². The number of carbonyl (C=O) groups excluding carboxylic acids is 2. The predicted molar refractivity (Wildman–Crippen MR) is 126 cm³/mol. The first kappa shape index (κ1) is 23.8. The van der Waals surface area contributed by atoms with E-state index in [9.17, 15) is 9.59 Å². The quantitative estimate of drug-likeness (QED) is 0.582. The SMILES string of the molecule is CCOc1ccc2c(c1)sc(=NC(=O)CSCC(=O)NC1CCCCC1)n2CCOC. The summed E-state index contributed by atoms with van der Waals surface area (Å²) in [6.45, 7) is 3.68. The summed E-state index contributed by atoms with van der Waals surface area (Å²) in [6, 6.07) is 6.18. The van der Waals surface area contributed by atoms with Crippen LogP contribution >= 0.6 is 23.1 Å². The number of methoxy groups -OCH3 is 1. The maximum Gasteiger partial charge on any atom is 0.258 e. The molecule has 2 amide bonds. The van der Waals surface area contributed by atoms with Crippen LogP contribution in [0.5, 0.6) is 5.75 Å². The lowest BCUT2D eigenvalue weighted by Gasteiger charge is -2.22. The molecule has 1 aliphatic rings. The molecular weight excluding hydrogens is 434 g/mol. The Balaban J connectivity index is 1.63. The van der Waals surface area contributed by atoms with Gasteiger partial charge >= 0.3 is 0 Å². The second-order valence-corrected chi connectivity index (χ2v) is 9.49. The van der Waals surface area contributed by atoms with Gasteiger partial charge in [0.05, 0.1) is 34.9 Å². The van der Waals surface area contributed by atoms with Crippen molar-refractivity contribution in [3.8, 4) is 5.75 Å². The van der Waals surface area contributed by atoms with E-state index in [2.05, 4.69) is 10.3 Å². The van der Waals surface area contributed by atoms with Crippen molar-refractivity contribution in [2.75, 3.05) is 31.8 Å². The van der Waals surface area contributed by atoms with Crippen LogP contribution in [0.1, 0.15) is 39.0 Å². The lowest BCUT2D eigenvalue weighted by atomic mass is 9.95. The fourth-order valence-electron chi connectivity index (χ4n) is 3.68. The van der Waals surface area contributed by atoms with Gasteiger partial charge in [-0.15, -0.1) is 11.8 Å². The number of carbonyl (C=O) groups is 2. The summed E-state index contributed by atoms with van der Waals surface area (Å²) in [6.07, 6.45) is 5.73. The summed E-state index contributed by atoms with van der Waals surface area (Å²) >= 11 is 2.77. The molecule has 0 aliphatic heterocycles. The van der Waals surface area contributed by atoms with Gasteiger partial charge in [-0.25, -0.2) is 0 Å². The number of nitrogens with zero attached hydrogens (tertiary/aromatic N) is 2. The molecule has 31 heavy (non-hydrogen) atoms. The minimum absolute atomic E-state index is 0.00479. The van der Waals surface area contributed by atoms with Crippen LogP contribution in [0.15, 0.2) is 23.2 Å².